The van der Waals surface area contributed by atoms with Crippen molar-refractivity contribution in [2.45, 2.75) is 32.2 Å². The van der Waals surface area contributed by atoms with Crippen molar-refractivity contribution >= 4 is 0 Å². The molecule has 2 rings (SSSR count). The molecule has 20 heavy (non-hydrogen) atoms. The topological polar surface area (TPSA) is 53.0 Å². The monoisotopic (exact) mass is 271 g/mol. The number of nitriles is 1. The van der Waals surface area contributed by atoms with Gasteiger partial charge in [0.1, 0.15) is 5.54 Å². The molecule has 0 aromatic heterocycles. The summed E-state index contributed by atoms with van der Waals surface area (Å²) in [4.78, 5) is 2.45. The van der Waals surface area contributed by atoms with Gasteiger partial charge in [-0.25, -0.2) is 0 Å². The summed E-state index contributed by atoms with van der Waals surface area (Å²) in [5.74, 6) is 1.54. The predicted octanol–water partition coefficient (Wildman–Crippen LogP) is 2.73. The minimum Gasteiger partial charge on any atom is -0.310 e. The quantitative estimate of drug-likeness (QED) is 0.896. The number of benzene rings is 1. The van der Waals surface area contributed by atoms with Crippen molar-refractivity contribution in [3.63, 3.8) is 0 Å². The molecule has 1 aliphatic rings. The third-order valence-corrected chi connectivity index (χ3v) is 4.56. The smallest absolute Gasteiger partial charge is 0.131 e. The van der Waals surface area contributed by atoms with Crippen LogP contribution in [0.4, 0.5) is 0 Å². The molecule has 1 heterocycles. The Morgan fingerprint density at radius 2 is 2.10 bits per heavy atom. The lowest BCUT2D eigenvalue weighted by Crippen LogP contribution is -2.39. The van der Waals surface area contributed by atoms with Crippen molar-refractivity contribution in [1.29, 1.82) is 5.26 Å². The molecule has 0 saturated carbocycles. The van der Waals surface area contributed by atoms with E-state index in [9.17, 15) is 5.26 Å². The van der Waals surface area contributed by atoms with Gasteiger partial charge >= 0.3 is 0 Å². The highest BCUT2D eigenvalue weighted by Crippen LogP contribution is 2.26. The molecule has 1 saturated heterocycles. The Kier molecular flexibility index (Phi) is 4.80. The van der Waals surface area contributed by atoms with Gasteiger partial charge in [-0.3, -0.25) is 0 Å². The summed E-state index contributed by atoms with van der Waals surface area (Å²) in [5.41, 5.74) is 6.36. The lowest BCUT2D eigenvalue weighted by molar-refractivity contribution is 0.281. The maximum atomic E-state index is 9.46. The molecule has 0 aliphatic carbocycles. The zero-order valence-electron chi connectivity index (χ0n) is 12.5. The van der Waals surface area contributed by atoms with E-state index in [2.05, 4.69) is 24.8 Å². The summed E-state index contributed by atoms with van der Waals surface area (Å²) in [7, 11) is 0. The molecule has 2 N–H and O–H groups in total. The first-order chi connectivity index (χ1) is 9.55. The fourth-order valence-electron chi connectivity index (χ4n) is 2.94. The Morgan fingerprint density at radius 3 is 2.65 bits per heavy atom. The van der Waals surface area contributed by atoms with Crippen LogP contribution in [0.1, 0.15) is 32.3 Å². The molecule has 1 fully saturated rings. The summed E-state index contributed by atoms with van der Waals surface area (Å²) in [6.07, 6.45) is 1.96. The van der Waals surface area contributed by atoms with Gasteiger partial charge in [0.15, 0.2) is 0 Å². The lowest BCUT2D eigenvalue weighted by atomic mass is 9.89. The molecule has 2 atom stereocenters. The molecule has 3 nitrogen and oxygen atoms in total. The minimum absolute atomic E-state index is 0.693. The molecule has 0 amide bonds. The van der Waals surface area contributed by atoms with Crippen LogP contribution >= 0.6 is 0 Å². The first kappa shape index (κ1) is 15.0. The highest BCUT2D eigenvalue weighted by atomic mass is 15.1. The summed E-state index contributed by atoms with van der Waals surface area (Å²) in [5, 5.41) is 9.46. The van der Waals surface area contributed by atoms with Gasteiger partial charge in [-0.15, -0.1) is 0 Å². The molecule has 0 spiro atoms. The van der Waals surface area contributed by atoms with Crippen molar-refractivity contribution < 1.29 is 0 Å². The van der Waals surface area contributed by atoms with E-state index < -0.39 is 5.54 Å². The second-order valence-corrected chi connectivity index (χ2v) is 6.29. The number of hydrogen-bond acceptors (Lipinski definition) is 3. The van der Waals surface area contributed by atoms with Crippen LogP contribution in [-0.4, -0.2) is 24.5 Å². The Labute approximate surface area is 122 Å². The first-order valence-electron chi connectivity index (χ1n) is 7.53. The van der Waals surface area contributed by atoms with Gasteiger partial charge in [0.2, 0.25) is 0 Å². The molecule has 1 aromatic carbocycles. The van der Waals surface area contributed by atoms with E-state index in [0.717, 1.165) is 37.0 Å². The summed E-state index contributed by atoms with van der Waals surface area (Å²) >= 11 is 0. The van der Waals surface area contributed by atoms with E-state index in [1.165, 1.54) is 6.42 Å². The zero-order chi connectivity index (χ0) is 14.6. The van der Waals surface area contributed by atoms with E-state index in [4.69, 9.17) is 5.73 Å². The van der Waals surface area contributed by atoms with Crippen molar-refractivity contribution in [2.24, 2.45) is 17.6 Å². The van der Waals surface area contributed by atoms with Crippen LogP contribution in [0.15, 0.2) is 30.3 Å². The molecular weight excluding hydrogens is 246 g/mol. The van der Waals surface area contributed by atoms with E-state index in [0.29, 0.717) is 6.42 Å². The normalized spacial score (nSPS) is 22.6. The van der Waals surface area contributed by atoms with Gasteiger partial charge < -0.3 is 10.6 Å². The van der Waals surface area contributed by atoms with Gasteiger partial charge in [0.05, 0.1) is 6.07 Å². The third kappa shape index (κ3) is 3.39. The van der Waals surface area contributed by atoms with Crippen LogP contribution < -0.4 is 5.73 Å². The van der Waals surface area contributed by atoms with Crippen LogP contribution in [0, 0.1) is 23.2 Å². The largest absolute Gasteiger partial charge is 0.310 e. The number of nitrogens with two attached hydrogens (primary N) is 1. The highest BCUT2D eigenvalue weighted by molar-refractivity contribution is 5.30. The van der Waals surface area contributed by atoms with E-state index in [-0.39, 0.29) is 0 Å². The fourth-order valence-corrected chi connectivity index (χ4v) is 2.94. The number of likely N-dealkylation sites (tertiary alicyclic amines) is 1. The molecule has 0 radical (unpaired) electrons. The van der Waals surface area contributed by atoms with Gasteiger partial charge in [-0.2, -0.15) is 5.26 Å². The Morgan fingerprint density at radius 1 is 1.40 bits per heavy atom. The second kappa shape index (κ2) is 6.39. The predicted molar refractivity (Wildman–Crippen MR) is 81.9 cm³/mol. The molecule has 3 heteroatoms. The summed E-state index contributed by atoms with van der Waals surface area (Å²) in [6.45, 7) is 7.77. The van der Waals surface area contributed by atoms with Crippen LogP contribution in [0.5, 0.6) is 0 Å². The summed E-state index contributed by atoms with van der Waals surface area (Å²) in [6, 6.07) is 12.0. The van der Waals surface area contributed by atoms with E-state index in [1.807, 2.05) is 30.3 Å². The van der Waals surface area contributed by atoms with Gasteiger partial charge in [0.25, 0.3) is 0 Å². The van der Waals surface area contributed by atoms with Crippen molar-refractivity contribution in [3.8, 4) is 6.07 Å². The standard InChI is InChI=1S/C17H25N3/c1-14(2)15-8-10-20(12-15)11-9-17(19,13-18)16-6-4-3-5-7-16/h3-7,14-15H,8-12,19H2,1-2H3. The Hall–Kier alpha value is -1.37. The average Bonchev–Trinajstić information content (AvgIpc) is 2.95. The van der Waals surface area contributed by atoms with Crippen LogP contribution in [0.25, 0.3) is 0 Å². The van der Waals surface area contributed by atoms with E-state index >= 15 is 0 Å². The molecular formula is C17H25N3. The van der Waals surface area contributed by atoms with Crippen LogP contribution in [0.3, 0.4) is 0 Å². The number of rotatable bonds is 5. The average molecular weight is 271 g/mol. The second-order valence-electron chi connectivity index (χ2n) is 6.29. The Bertz CT molecular complexity index is 463. The maximum Gasteiger partial charge on any atom is 0.131 e. The maximum absolute atomic E-state index is 9.46. The van der Waals surface area contributed by atoms with Gasteiger partial charge in [-0.1, -0.05) is 44.2 Å². The minimum atomic E-state index is -0.864. The Balaban J connectivity index is 1.94. The van der Waals surface area contributed by atoms with Crippen molar-refractivity contribution in [3.05, 3.63) is 35.9 Å². The molecule has 1 aromatic rings. The van der Waals surface area contributed by atoms with Crippen molar-refractivity contribution in [2.75, 3.05) is 19.6 Å². The lowest BCUT2D eigenvalue weighted by Gasteiger charge is -2.25. The molecule has 1 aliphatic heterocycles. The molecule has 2 unspecified atom stereocenters. The summed E-state index contributed by atoms with van der Waals surface area (Å²) < 4.78 is 0. The van der Waals surface area contributed by atoms with E-state index in [1.54, 1.807) is 0 Å². The number of nitrogens with zero attached hydrogens (tertiary/aromatic N) is 2. The third-order valence-electron chi connectivity index (χ3n) is 4.56. The fraction of sp³-hybridized carbons (Fsp3) is 0.588. The molecule has 0 bridgehead atoms. The van der Waals surface area contributed by atoms with Crippen molar-refractivity contribution in [1.82, 2.24) is 4.90 Å². The SMILES string of the molecule is CC(C)C1CCN(CCC(N)(C#N)c2ccccc2)C1. The van der Waals surface area contributed by atoms with Gasteiger partial charge in [-0.05, 0) is 36.8 Å². The first-order valence-corrected chi connectivity index (χ1v) is 7.53. The zero-order valence-corrected chi connectivity index (χ0v) is 12.5. The van der Waals surface area contributed by atoms with Gasteiger partial charge in [0, 0.05) is 13.1 Å². The van der Waals surface area contributed by atoms with Crippen LogP contribution in [-0.2, 0) is 5.54 Å². The van der Waals surface area contributed by atoms with Crippen LogP contribution in [0.2, 0.25) is 0 Å². The number of hydrogen-bond donors (Lipinski definition) is 1. The molecule has 108 valence electrons. The highest BCUT2D eigenvalue weighted by Gasteiger charge is 2.30.